The number of anilines is 2. The van der Waals surface area contributed by atoms with E-state index in [2.05, 4.69) is 51.5 Å². The van der Waals surface area contributed by atoms with Gasteiger partial charge in [-0.3, -0.25) is 0 Å². The molecule has 2 aromatic rings. The Morgan fingerprint density at radius 2 is 1.95 bits per heavy atom. The molecule has 1 N–H and O–H groups in total. The first-order chi connectivity index (χ1) is 9.20. The lowest BCUT2D eigenvalue weighted by molar-refractivity contribution is 0.574. The van der Waals surface area contributed by atoms with Crippen molar-refractivity contribution in [1.82, 2.24) is 14.8 Å². The van der Waals surface area contributed by atoms with Gasteiger partial charge in [-0.2, -0.15) is 5.10 Å². The largest absolute Gasteiger partial charge is 0.378 e. The summed E-state index contributed by atoms with van der Waals surface area (Å²) < 4.78 is 1.95. The molecule has 0 spiro atoms. The smallest absolute Gasteiger partial charge is 0.146 e. The van der Waals surface area contributed by atoms with E-state index in [-0.39, 0.29) is 0 Å². The third kappa shape index (κ3) is 3.47. The Balaban J connectivity index is 1.96. The van der Waals surface area contributed by atoms with Crippen LogP contribution in [0.15, 0.2) is 30.6 Å². The summed E-state index contributed by atoms with van der Waals surface area (Å²) in [5.74, 6) is 0.971. The Kier molecular flexibility index (Phi) is 4.39. The van der Waals surface area contributed by atoms with Crippen molar-refractivity contribution in [3.8, 4) is 0 Å². The number of hydrogen-bond donors (Lipinski definition) is 1. The van der Waals surface area contributed by atoms with Crippen LogP contribution in [-0.4, -0.2) is 28.9 Å². The van der Waals surface area contributed by atoms with Gasteiger partial charge in [0.2, 0.25) is 0 Å². The number of aryl methyl sites for hydroxylation is 1. The molecule has 19 heavy (non-hydrogen) atoms. The first-order valence-electron chi connectivity index (χ1n) is 6.58. The zero-order valence-corrected chi connectivity index (χ0v) is 11.8. The van der Waals surface area contributed by atoms with Gasteiger partial charge in [0.25, 0.3) is 0 Å². The summed E-state index contributed by atoms with van der Waals surface area (Å²) in [5, 5.41) is 7.58. The summed E-state index contributed by atoms with van der Waals surface area (Å²) in [6.45, 7) is 3.75. The molecule has 0 fully saturated rings. The van der Waals surface area contributed by atoms with E-state index in [0.29, 0.717) is 6.54 Å². The van der Waals surface area contributed by atoms with Crippen molar-refractivity contribution >= 4 is 11.4 Å². The van der Waals surface area contributed by atoms with Crippen molar-refractivity contribution in [3.05, 3.63) is 36.4 Å². The Labute approximate surface area is 114 Å². The maximum absolute atomic E-state index is 4.28. The minimum Gasteiger partial charge on any atom is -0.378 e. The van der Waals surface area contributed by atoms with Gasteiger partial charge in [0.15, 0.2) is 0 Å². The van der Waals surface area contributed by atoms with Gasteiger partial charge in [0.1, 0.15) is 12.2 Å². The normalized spacial score (nSPS) is 10.5. The Hall–Kier alpha value is -2.04. The molecule has 102 valence electrons. The molecule has 1 aromatic heterocycles. The highest BCUT2D eigenvalue weighted by molar-refractivity contribution is 5.54. The van der Waals surface area contributed by atoms with Crippen LogP contribution < -0.4 is 10.2 Å². The molecule has 1 aromatic carbocycles. The molecular weight excluding hydrogens is 238 g/mol. The van der Waals surface area contributed by atoms with Crippen molar-refractivity contribution in [2.75, 3.05) is 24.3 Å². The molecule has 5 nitrogen and oxygen atoms in total. The predicted octanol–water partition coefficient (Wildman–Crippen LogP) is 2.37. The minimum absolute atomic E-state index is 0.696. The quantitative estimate of drug-likeness (QED) is 0.865. The van der Waals surface area contributed by atoms with E-state index in [0.717, 1.165) is 24.5 Å². The van der Waals surface area contributed by atoms with Gasteiger partial charge in [0.05, 0.1) is 6.54 Å². The monoisotopic (exact) mass is 259 g/mol. The van der Waals surface area contributed by atoms with Crippen LogP contribution in [0.2, 0.25) is 0 Å². The summed E-state index contributed by atoms with van der Waals surface area (Å²) >= 11 is 0. The summed E-state index contributed by atoms with van der Waals surface area (Å²) in [7, 11) is 4.07. The Bertz CT molecular complexity index is 501. The average molecular weight is 259 g/mol. The fraction of sp³-hybridized carbons (Fsp3) is 0.429. The summed E-state index contributed by atoms with van der Waals surface area (Å²) in [4.78, 5) is 6.36. The maximum atomic E-state index is 4.28. The van der Waals surface area contributed by atoms with Crippen LogP contribution in [0.1, 0.15) is 19.2 Å². The average Bonchev–Trinajstić information content (AvgIpc) is 2.85. The molecule has 5 heteroatoms. The number of nitrogens with zero attached hydrogens (tertiary/aromatic N) is 4. The van der Waals surface area contributed by atoms with Crippen molar-refractivity contribution in [1.29, 1.82) is 0 Å². The number of aromatic nitrogens is 3. The first-order valence-corrected chi connectivity index (χ1v) is 6.58. The highest BCUT2D eigenvalue weighted by Crippen LogP contribution is 2.16. The van der Waals surface area contributed by atoms with Crippen molar-refractivity contribution in [3.63, 3.8) is 0 Å². The molecule has 0 aliphatic heterocycles. The number of hydrogen-bond acceptors (Lipinski definition) is 4. The van der Waals surface area contributed by atoms with E-state index in [1.165, 1.54) is 5.69 Å². The molecule has 0 amide bonds. The lowest BCUT2D eigenvalue weighted by atomic mass is 10.2. The third-order valence-corrected chi connectivity index (χ3v) is 2.97. The first kappa shape index (κ1) is 13.4. The van der Waals surface area contributed by atoms with Crippen LogP contribution in [0.4, 0.5) is 11.4 Å². The number of rotatable bonds is 6. The second kappa shape index (κ2) is 6.22. The van der Waals surface area contributed by atoms with Crippen molar-refractivity contribution in [2.45, 2.75) is 26.4 Å². The molecule has 0 saturated heterocycles. The highest BCUT2D eigenvalue weighted by atomic mass is 15.3. The second-order valence-electron chi connectivity index (χ2n) is 4.69. The topological polar surface area (TPSA) is 46.0 Å². The molecule has 0 aliphatic rings. The maximum Gasteiger partial charge on any atom is 0.146 e. The van der Waals surface area contributed by atoms with Crippen molar-refractivity contribution < 1.29 is 0 Å². The molecule has 0 aliphatic carbocycles. The standard InChI is InChI=1S/C14H21N5/c1-4-9-19-14(16-11-17-19)10-15-12-5-7-13(8-6-12)18(2)3/h5-8,11,15H,4,9-10H2,1-3H3. The zero-order valence-electron chi connectivity index (χ0n) is 11.8. The molecule has 0 atom stereocenters. The molecule has 2 rings (SSSR count). The Morgan fingerprint density at radius 3 is 2.58 bits per heavy atom. The van der Waals surface area contributed by atoms with Gasteiger partial charge >= 0.3 is 0 Å². The van der Waals surface area contributed by atoms with E-state index in [4.69, 9.17) is 0 Å². The van der Waals surface area contributed by atoms with Gasteiger partial charge in [-0.15, -0.1) is 0 Å². The minimum atomic E-state index is 0.696. The molecule has 0 radical (unpaired) electrons. The van der Waals surface area contributed by atoms with Crippen LogP contribution in [0.25, 0.3) is 0 Å². The van der Waals surface area contributed by atoms with Crippen LogP contribution in [0, 0.1) is 0 Å². The van der Waals surface area contributed by atoms with E-state index in [1.807, 2.05) is 18.8 Å². The third-order valence-electron chi connectivity index (χ3n) is 2.97. The lowest BCUT2D eigenvalue weighted by Gasteiger charge is -2.13. The molecule has 0 unspecified atom stereocenters. The van der Waals surface area contributed by atoms with Gasteiger partial charge in [-0.25, -0.2) is 9.67 Å². The molecule has 1 heterocycles. The van der Waals surface area contributed by atoms with Crippen LogP contribution >= 0.6 is 0 Å². The van der Waals surface area contributed by atoms with Crippen LogP contribution in [0.5, 0.6) is 0 Å². The fourth-order valence-corrected chi connectivity index (χ4v) is 1.88. The summed E-state index contributed by atoms with van der Waals surface area (Å²) in [6.07, 6.45) is 2.68. The molecule has 0 bridgehead atoms. The Morgan fingerprint density at radius 1 is 1.21 bits per heavy atom. The summed E-state index contributed by atoms with van der Waals surface area (Å²) in [6, 6.07) is 8.35. The predicted molar refractivity (Wildman–Crippen MR) is 78.4 cm³/mol. The van der Waals surface area contributed by atoms with E-state index in [1.54, 1.807) is 6.33 Å². The van der Waals surface area contributed by atoms with E-state index >= 15 is 0 Å². The van der Waals surface area contributed by atoms with Crippen LogP contribution in [0.3, 0.4) is 0 Å². The fourth-order valence-electron chi connectivity index (χ4n) is 1.88. The SMILES string of the molecule is CCCn1ncnc1CNc1ccc(N(C)C)cc1. The van der Waals surface area contributed by atoms with Crippen molar-refractivity contribution in [2.24, 2.45) is 0 Å². The summed E-state index contributed by atoms with van der Waals surface area (Å²) in [5.41, 5.74) is 2.29. The van der Waals surface area contributed by atoms with Gasteiger partial charge in [-0.05, 0) is 30.7 Å². The lowest BCUT2D eigenvalue weighted by Crippen LogP contribution is -2.10. The number of nitrogens with one attached hydrogen (secondary N) is 1. The van der Waals surface area contributed by atoms with E-state index in [9.17, 15) is 0 Å². The second-order valence-corrected chi connectivity index (χ2v) is 4.69. The molecular formula is C14H21N5. The van der Waals surface area contributed by atoms with Gasteiger partial charge < -0.3 is 10.2 Å². The molecule has 0 saturated carbocycles. The zero-order chi connectivity index (χ0) is 13.7. The van der Waals surface area contributed by atoms with Gasteiger partial charge in [0, 0.05) is 32.0 Å². The number of benzene rings is 1. The van der Waals surface area contributed by atoms with Gasteiger partial charge in [-0.1, -0.05) is 6.92 Å². The van der Waals surface area contributed by atoms with E-state index < -0.39 is 0 Å². The highest BCUT2D eigenvalue weighted by Gasteiger charge is 2.03. The van der Waals surface area contributed by atoms with Crippen LogP contribution in [-0.2, 0) is 13.1 Å².